The third-order valence-electron chi connectivity index (χ3n) is 2.87. The molecule has 0 spiro atoms. The fourth-order valence-electron chi connectivity index (χ4n) is 1.74. The Morgan fingerprint density at radius 2 is 1.93 bits per heavy atom. The molecule has 1 aliphatic rings. The molecule has 0 saturated heterocycles. The molecular formula is C12H24ClN. The highest BCUT2D eigenvalue weighted by molar-refractivity contribution is 6.18. The third-order valence-corrected chi connectivity index (χ3v) is 3.39. The first kappa shape index (κ1) is 12.3. The zero-order valence-electron chi connectivity index (χ0n) is 9.80. The van der Waals surface area contributed by atoms with E-state index < -0.39 is 0 Å². The van der Waals surface area contributed by atoms with Gasteiger partial charge in [-0.2, -0.15) is 0 Å². The van der Waals surface area contributed by atoms with E-state index in [4.69, 9.17) is 11.6 Å². The van der Waals surface area contributed by atoms with Crippen LogP contribution >= 0.6 is 11.6 Å². The van der Waals surface area contributed by atoms with E-state index in [1.54, 1.807) is 0 Å². The molecule has 2 heteroatoms. The molecule has 0 aromatic heterocycles. The van der Waals surface area contributed by atoms with Crippen LogP contribution in [0.2, 0.25) is 0 Å². The van der Waals surface area contributed by atoms with Crippen molar-refractivity contribution in [1.82, 2.24) is 4.90 Å². The molecule has 84 valence electrons. The number of rotatable bonds is 7. The summed E-state index contributed by atoms with van der Waals surface area (Å²) in [6, 6.07) is 0.888. The van der Waals surface area contributed by atoms with E-state index in [2.05, 4.69) is 25.7 Å². The molecule has 0 N–H and O–H groups in total. The molecular weight excluding hydrogens is 194 g/mol. The van der Waals surface area contributed by atoms with E-state index in [0.29, 0.717) is 5.92 Å². The van der Waals surface area contributed by atoms with Gasteiger partial charge in [0, 0.05) is 18.5 Å². The van der Waals surface area contributed by atoms with E-state index in [9.17, 15) is 0 Å². The standard InChI is InChI=1S/C12H24ClN/c1-10(2)6-7-14(12-4-5-12)9-11(3)8-13/h10-12H,4-9H2,1-3H3. The summed E-state index contributed by atoms with van der Waals surface area (Å²) in [7, 11) is 0. The molecule has 1 atom stereocenters. The highest BCUT2D eigenvalue weighted by Crippen LogP contribution is 2.28. The highest BCUT2D eigenvalue weighted by atomic mass is 35.5. The van der Waals surface area contributed by atoms with Crippen molar-refractivity contribution in [1.29, 1.82) is 0 Å². The summed E-state index contributed by atoms with van der Waals surface area (Å²) in [5.74, 6) is 2.26. The van der Waals surface area contributed by atoms with E-state index in [1.165, 1.54) is 32.4 Å². The first-order valence-corrected chi connectivity index (χ1v) is 6.47. The SMILES string of the molecule is CC(C)CCN(CC(C)CCl)C1CC1. The number of nitrogens with zero attached hydrogens (tertiary/aromatic N) is 1. The maximum absolute atomic E-state index is 5.86. The van der Waals surface area contributed by atoms with Crippen LogP contribution in [0.25, 0.3) is 0 Å². The Morgan fingerprint density at radius 1 is 1.29 bits per heavy atom. The first-order valence-electron chi connectivity index (χ1n) is 5.93. The van der Waals surface area contributed by atoms with Crippen molar-refractivity contribution in [2.24, 2.45) is 11.8 Å². The van der Waals surface area contributed by atoms with E-state index in [-0.39, 0.29) is 0 Å². The Morgan fingerprint density at radius 3 is 2.36 bits per heavy atom. The zero-order valence-corrected chi connectivity index (χ0v) is 10.6. The second-order valence-corrected chi connectivity index (χ2v) is 5.48. The quantitative estimate of drug-likeness (QED) is 0.591. The molecule has 0 amide bonds. The number of hydrogen-bond donors (Lipinski definition) is 0. The summed E-state index contributed by atoms with van der Waals surface area (Å²) in [6.45, 7) is 9.31. The summed E-state index contributed by atoms with van der Waals surface area (Å²) < 4.78 is 0. The lowest BCUT2D eigenvalue weighted by atomic mass is 10.1. The van der Waals surface area contributed by atoms with Crippen LogP contribution in [0.4, 0.5) is 0 Å². The van der Waals surface area contributed by atoms with Crippen LogP contribution in [-0.2, 0) is 0 Å². The predicted octanol–water partition coefficient (Wildman–Crippen LogP) is 3.37. The molecule has 0 aliphatic heterocycles. The van der Waals surface area contributed by atoms with Gasteiger partial charge >= 0.3 is 0 Å². The summed E-state index contributed by atoms with van der Waals surface area (Å²) >= 11 is 5.86. The Balaban J connectivity index is 2.24. The Bertz CT molecular complexity index is 154. The fraction of sp³-hybridized carbons (Fsp3) is 1.00. The van der Waals surface area contributed by atoms with Crippen LogP contribution in [0.1, 0.15) is 40.0 Å². The number of hydrogen-bond acceptors (Lipinski definition) is 1. The van der Waals surface area contributed by atoms with E-state index in [0.717, 1.165) is 17.8 Å². The van der Waals surface area contributed by atoms with Crippen LogP contribution in [0.15, 0.2) is 0 Å². The lowest BCUT2D eigenvalue weighted by Gasteiger charge is -2.25. The van der Waals surface area contributed by atoms with Gasteiger partial charge in [-0.1, -0.05) is 20.8 Å². The van der Waals surface area contributed by atoms with Gasteiger partial charge in [-0.05, 0) is 37.6 Å². The van der Waals surface area contributed by atoms with Crippen molar-refractivity contribution in [3.8, 4) is 0 Å². The normalized spacial score (nSPS) is 19.3. The Labute approximate surface area is 93.8 Å². The zero-order chi connectivity index (χ0) is 10.6. The average Bonchev–Trinajstić information content (AvgIpc) is 2.94. The highest BCUT2D eigenvalue weighted by Gasteiger charge is 2.29. The van der Waals surface area contributed by atoms with Gasteiger partial charge in [-0.15, -0.1) is 11.6 Å². The van der Waals surface area contributed by atoms with Crippen LogP contribution in [0, 0.1) is 11.8 Å². The molecule has 1 unspecified atom stereocenters. The van der Waals surface area contributed by atoms with Gasteiger partial charge in [0.25, 0.3) is 0 Å². The Kier molecular flexibility index (Phi) is 5.25. The van der Waals surface area contributed by atoms with Gasteiger partial charge in [-0.25, -0.2) is 0 Å². The molecule has 0 heterocycles. The van der Waals surface area contributed by atoms with Crippen LogP contribution < -0.4 is 0 Å². The maximum Gasteiger partial charge on any atom is 0.0261 e. The van der Waals surface area contributed by atoms with Crippen molar-refractivity contribution in [2.75, 3.05) is 19.0 Å². The third kappa shape index (κ3) is 4.65. The van der Waals surface area contributed by atoms with Crippen LogP contribution in [-0.4, -0.2) is 29.9 Å². The van der Waals surface area contributed by atoms with Crippen molar-refractivity contribution in [2.45, 2.75) is 46.1 Å². The molecule has 1 saturated carbocycles. The molecule has 0 radical (unpaired) electrons. The maximum atomic E-state index is 5.86. The molecule has 0 aromatic carbocycles. The molecule has 0 aromatic rings. The first-order chi connectivity index (χ1) is 6.63. The van der Waals surface area contributed by atoms with E-state index >= 15 is 0 Å². The molecule has 1 aliphatic carbocycles. The fourth-order valence-corrected chi connectivity index (χ4v) is 1.83. The van der Waals surface area contributed by atoms with Gasteiger partial charge in [0.2, 0.25) is 0 Å². The lowest BCUT2D eigenvalue weighted by molar-refractivity contribution is 0.223. The minimum Gasteiger partial charge on any atom is -0.300 e. The van der Waals surface area contributed by atoms with Gasteiger partial charge in [-0.3, -0.25) is 0 Å². The van der Waals surface area contributed by atoms with Crippen molar-refractivity contribution < 1.29 is 0 Å². The molecule has 1 nitrogen and oxygen atoms in total. The van der Waals surface area contributed by atoms with E-state index in [1.807, 2.05) is 0 Å². The lowest BCUT2D eigenvalue weighted by Crippen LogP contribution is -2.32. The summed E-state index contributed by atoms with van der Waals surface area (Å²) in [5, 5.41) is 0. The minimum atomic E-state index is 0.643. The largest absolute Gasteiger partial charge is 0.300 e. The summed E-state index contributed by atoms with van der Waals surface area (Å²) in [5.41, 5.74) is 0. The van der Waals surface area contributed by atoms with Gasteiger partial charge in [0.1, 0.15) is 0 Å². The number of halogens is 1. The van der Waals surface area contributed by atoms with Crippen molar-refractivity contribution >= 4 is 11.6 Å². The number of alkyl halides is 1. The minimum absolute atomic E-state index is 0.643. The smallest absolute Gasteiger partial charge is 0.0261 e. The molecule has 0 bridgehead atoms. The van der Waals surface area contributed by atoms with Crippen molar-refractivity contribution in [3.05, 3.63) is 0 Å². The summed E-state index contributed by atoms with van der Waals surface area (Å²) in [6.07, 6.45) is 4.14. The van der Waals surface area contributed by atoms with Crippen LogP contribution in [0.3, 0.4) is 0 Å². The van der Waals surface area contributed by atoms with Gasteiger partial charge in [0.15, 0.2) is 0 Å². The average molecular weight is 218 g/mol. The second kappa shape index (κ2) is 5.97. The van der Waals surface area contributed by atoms with Crippen molar-refractivity contribution in [3.63, 3.8) is 0 Å². The predicted molar refractivity (Wildman–Crippen MR) is 63.9 cm³/mol. The van der Waals surface area contributed by atoms with Gasteiger partial charge in [0.05, 0.1) is 0 Å². The summed E-state index contributed by atoms with van der Waals surface area (Å²) in [4.78, 5) is 2.65. The molecule has 14 heavy (non-hydrogen) atoms. The molecule has 1 rings (SSSR count). The van der Waals surface area contributed by atoms with Crippen LogP contribution in [0.5, 0.6) is 0 Å². The molecule has 1 fully saturated rings. The topological polar surface area (TPSA) is 3.24 Å². The Hall–Kier alpha value is 0.250. The van der Waals surface area contributed by atoms with Gasteiger partial charge < -0.3 is 4.90 Å². The second-order valence-electron chi connectivity index (χ2n) is 5.17. The monoisotopic (exact) mass is 217 g/mol.